The van der Waals surface area contributed by atoms with Crippen molar-refractivity contribution < 1.29 is 0 Å². The van der Waals surface area contributed by atoms with Gasteiger partial charge >= 0.3 is 0 Å². The fraction of sp³-hybridized carbons (Fsp3) is 0.800. The van der Waals surface area contributed by atoms with Crippen molar-refractivity contribution in [2.45, 2.75) is 46.2 Å². The molecule has 11 heavy (non-hydrogen) atoms. The Hall–Kier alpha value is -0.300. The summed E-state index contributed by atoms with van der Waals surface area (Å²) in [4.78, 5) is 0. The van der Waals surface area contributed by atoms with Gasteiger partial charge < -0.3 is 5.32 Å². The van der Waals surface area contributed by atoms with Crippen LogP contribution in [-0.2, 0) is 0 Å². The van der Waals surface area contributed by atoms with Crippen molar-refractivity contribution in [3.63, 3.8) is 0 Å². The summed E-state index contributed by atoms with van der Waals surface area (Å²) in [5.41, 5.74) is 0. The lowest BCUT2D eigenvalue weighted by atomic mass is 10.0. The van der Waals surface area contributed by atoms with Crippen LogP contribution in [0.2, 0.25) is 0 Å². The number of hydrogen-bond acceptors (Lipinski definition) is 1. The van der Waals surface area contributed by atoms with Crippen LogP contribution in [0.15, 0.2) is 12.7 Å². The first kappa shape index (κ1) is 10.7. The van der Waals surface area contributed by atoms with Gasteiger partial charge in [-0.25, -0.2) is 0 Å². The predicted octanol–water partition coefficient (Wildman–Crippen LogP) is 2.59. The SMILES string of the molecule is C=CC(C)NC(C)C(C)CC. The van der Waals surface area contributed by atoms with Gasteiger partial charge in [-0.2, -0.15) is 0 Å². The molecule has 0 fully saturated rings. The smallest absolute Gasteiger partial charge is 0.0221 e. The highest BCUT2D eigenvalue weighted by molar-refractivity contribution is 4.84. The van der Waals surface area contributed by atoms with Crippen LogP contribution in [0, 0.1) is 5.92 Å². The number of hydrogen-bond donors (Lipinski definition) is 1. The molecule has 0 aromatic rings. The third-order valence-corrected chi connectivity index (χ3v) is 2.38. The molecule has 1 heteroatoms. The van der Waals surface area contributed by atoms with Crippen LogP contribution in [-0.4, -0.2) is 12.1 Å². The molecule has 0 rings (SSSR count). The monoisotopic (exact) mass is 155 g/mol. The van der Waals surface area contributed by atoms with Crippen molar-refractivity contribution >= 4 is 0 Å². The predicted molar refractivity (Wildman–Crippen MR) is 51.7 cm³/mol. The molecule has 0 amide bonds. The lowest BCUT2D eigenvalue weighted by Crippen LogP contribution is -2.37. The molecule has 0 aromatic carbocycles. The summed E-state index contributed by atoms with van der Waals surface area (Å²) in [6, 6.07) is 1.02. The molecule has 0 aliphatic rings. The molecule has 3 unspecified atom stereocenters. The molecule has 66 valence electrons. The van der Waals surface area contributed by atoms with Gasteiger partial charge in [0.05, 0.1) is 0 Å². The fourth-order valence-electron chi connectivity index (χ4n) is 1.00. The van der Waals surface area contributed by atoms with Crippen molar-refractivity contribution in [2.24, 2.45) is 5.92 Å². The van der Waals surface area contributed by atoms with Gasteiger partial charge in [-0.3, -0.25) is 0 Å². The van der Waals surface area contributed by atoms with Crippen LogP contribution in [0.1, 0.15) is 34.1 Å². The first-order chi connectivity index (χ1) is 5.11. The van der Waals surface area contributed by atoms with Gasteiger partial charge in [0.2, 0.25) is 0 Å². The zero-order chi connectivity index (χ0) is 8.85. The fourth-order valence-corrected chi connectivity index (χ4v) is 1.00. The molecule has 1 N–H and O–H groups in total. The van der Waals surface area contributed by atoms with E-state index in [0.29, 0.717) is 12.1 Å². The van der Waals surface area contributed by atoms with E-state index < -0.39 is 0 Å². The highest BCUT2D eigenvalue weighted by Crippen LogP contribution is 2.07. The normalized spacial score (nSPS) is 18.9. The summed E-state index contributed by atoms with van der Waals surface area (Å²) in [6.45, 7) is 12.6. The minimum Gasteiger partial charge on any atom is -0.308 e. The van der Waals surface area contributed by atoms with Crippen LogP contribution in [0.5, 0.6) is 0 Å². The third kappa shape index (κ3) is 4.20. The van der Waals surface area contributed by atoms with Gasteiger partial charge in [0.15, 0.2) is 0 Å². The van der Waals surface area contributed by atoms with Crippen LogP contribution < -0.4 is 5.32 Å². The lowest BCUT2D eigenvalue weighted by molar-refractivity contribution is 0.377. The third-order valence-electron chi connectivity index (χ3n) is 2.38. The average Bonchev–Trinajstić information content (AvgIpc) is 2.02. The van der Waals surface area contributed by atoms with Crippen molar-refractivity contribution in [3.05, 3.63) is 12.7 Å². The van der Waals surface area contributed by atoms with Crippen LogP contribution in [0.3, 0.4) is 0 Å². The van der Waals surface area contributed by atoms with Crippen LogP contribution in [0.25, 0.3) is 0 Å². The molecule has 0 bridgehead atoms. The summed E-state index contributed by atoms with van der Waals surface area (Å²) >= 11 is 0. The van der Waals surface area contributed by atoms with Crippen molar-refractivity contribution in [3.8, 4) is 0 Å². The molecule has 0 aliphatic heterocycles. The Morgan fingerprint density at radius 3 is 2.27 bits per heavy atom. The first-order valence-electron chi connectivity index (χ1n) is 4.50. The van der Waals surface area contributed by atoms with Gasteiger partial charge in [0, 0.05) is 12.1 Å². The lowest BCUT2D eigenvalue weighted by Gasteiger charge is -2.22. The van der Waals surface area contributed by atoms with E-state index >= 15 is 0 Å². The van der Waals surface area contributed by atoms with Gasteiger partial charge in [-0.1, -0.05) is 26.3 Å². The Labute approximate surface area is 70.9 Å². The van der Waals surface area contributed by atoms with Crippen molar-refractivity contribution in [1.82, 2.24) is 5.32 Å². The first-order valence-corrected chi connectivity index (χ1v) is 4.50. The van der Waals surface area contributed by atoms with E-state index in [2.05, 4.69) is 39.6 Å². The Balaban J connectivity index is 3.66. The van der Waals surface area contributed by atoms with Crippen LogP contribution in [0.4, 0.5) is 0 Å². The van der Waals surface area contributed by atoms with Gasteiger partial charge in [0.25, 0.3) is 0 Å². The molecular weight excluding hydrogens is 134 g/mol. The maximum absolute atomic E-state index is 3.74. The summed E-state index contributed by atoms with van der Waals surface area (Å²) in [7, 11) is 0. The zero-order valence-corrected chi connectivity index (χ0v) is 8.22. The summed E-state index contributed by atoms with van der Waals surface area (Å²) in [5, 5.41) is 3.46. The van der Waals surface area contributed by atoms with E-state index in [-0.39, 0.29) is 0 Å². The molecule has 3 atom stereocenters. The highest BCUT2D eigenvalue weighted by atomic mass is 14.9. The number of nitrogens with one attached hydrogen (secondary N) is 1. The van der Waals surface area contributed by atoms with Crippen LogP contribution >= 0.6 is 0 Å². The molecular formula is C10H21N. The van der Waals surface area contributed by atoms with E-state index in [1.54, 1.807) is 0 Å². The second kappa shape index (κ2) is 5.36. The molecule has 0 saturated heterocycles. The second-order valence-electron chi connectivity index (χ2n) is 3.37. The molecule has 0 saturated carbocycles. The van der Waals surface area contributed by atoms with Gasteiger partial charge in [0.1, 0.15) is 0 Å². The van der Waals surface area contributed by atoms with Crippen molar-refractivity contribution in [2.75, 3.05) is 0 Å². The highest BCUT2D eigenvalue weighted by Gasteiger charge is 2.10. The van der Waals surface area contributed by atoms with E-state index in [0.717, 1.165) is 5.92 Å². The minimum absolute atomic E-state index is 0.430. The van der Waals surface area contributed by atoms with E-state index in [1.165, 1.54) is 6.42 Å². The Kier molecular flexibility index (Phi) is 5.22. The van der Waals surface area contributed by atoms with Gasteiger partial charge in [-0.05, 0) is 19.8 Å². The van der Waals surface area contributed by atoms with E-state index in [1.807, 2.05) is 6.08 Å². The zero-order valence-electron chi connectivity index (χ0n) is 8.22. The Morgan fingerprint density at radius 1 is 1.36 bits per heavy atom. The molecule has 0 aromatic heterocycles. The summed E-state index contributed by atoms with van der Waals surface area (Å²) < 4.78 is 0. The molecule has 0 radical (unpaired) electrons. The van der Waals surface area contributed by atoms with E-state index in [4.69, 9.17) is 0 Å². The van der Waals surface area contributed by atoms with Crippen molar-refractivity contribution in [1.29, 1.82) is 0 Å². The number of rotatable bonds is 5. The minimum atomic E-state index is 0.430. The Bertz CT molecular complexity index is 109. The largest absolute Gasteiger partial charge is 0.308 e. The second-order valence-corrected chi connectivity index (χ2v) is 3.37. The molecule has 0 heterocycles. The standard InChI is InChI=1S/C10H21N/c1-6-8(3)10(5)11-9(4)7-2/h7-11H,2,6H2,1,3-5H3. The Morgan fingerprint density at radius 2 is 1.91 bits per heavy atom. The molecule has 0 aliphatic carbocycles. The maximum atomic E-state index is 3.74. The molecule has 1 nitrogen and oxygen atoms in total. The van der Waals surface area contributed by atoms with E-state index in [9.17, 15) is 0 Å². The maximum Gasteiger partial charge on any atom is 0.0221 e. The summed E-state index contributed by atoms with van der Waals surface area (Å²) in [5.74, 6) is 0.748. The topological polar surface area (TPSA) is 12.0 Å². The van der Waals surface area contributed by atoms with Gasteiger partial charge in [-0.15, -0.1) is 6.58 Å². The molecule has 0 spiro atoms. The average molecular weight is 155 g/mol. The summed E-state index contributed by atoms with van der Waals surface area (Å²) in [6.07, 6.45) is 3.18. The quantitative estimate of drug-likeness (QED) is 0.602.